The summed E-state index contributed by atoms with van der Waals surface area (Å²) in [4.78, 5) is 41.9. The fourth-order valence-electron chi connectivity index (χ4n) is 4.30. The maximum absolute atomic E-state index is 13.5. The summed E-state index contributed by atoms with van der Waals surface area (Å²) >= 11 is 0. The zero-order valence-electron chi connectivity index (χ0n) is 17.1. The molecule has 2 saturated heterocycles. The molecule has 2 aliphatic heterocycles. The van der Waals surface area contributed by atoms with Crippen LogP contribution in [-0.2, 0) is 19.1 Å². The van der Waals surface area contributed by atoms with Crippen LogP contribution >= 0.6 is 0 Å². The Labute approximate surface area is 157 Å². The maximum atomic E-state index is 13.5. The quantitative estimate of drug-likeness (QED) is 0.718. The fraction of sp³-hybridized carbons (Fsp3) is 0.850. The van der Waals surface area contributed by atoms with E-state index in [1.165, 1.54) is 6.92 Å². The van der Waals surface area contributed by atoms with E-state index in [1.54, 1.807) is 9.80 Å². The topological polar surface area (TPSA) is 66.9 Å². The molecule has 2 heterocycles. The minimum atomic E-state index is -0.763. The van der Waals surface area contributed by atoms with Gasteiger partial charge in [-0.15, -0.1) is 0 Å². The van der Waals surface area contributed by atoms with E-state index in [-0.39, 0.29) is 23.7 Å². The summed E-state index contributed by atoms with van der Waals surface area (Å²) in [7, 11) is 0. The standard InChI is InChI=1S/C20H34N2O4/c1-14(2)13-16(17(24)26-19(4,5)6)21-11-7-9-20(18(21)25)10-8-12-22(20)15(3)23/h14,16H,7-13H2,1-6H3/t16-,20-/m0/s1. The van der Waals surface area contributed by atoms with Crippen LogP contribution in [0.25, 0.3) is 0 Å². The highest BCUT2D eigenvalue weighted by molar-refractivity contribution is 5.94. The number of hydrogen-bond acceptors (Lipinski definition) is 4. The zero-order valence-corrected chi connectivity index (χ0v) is 17.1. The summed E-state index contributed by atoms with van der Waals surface area (Å²) < 4.78 is 5.61. The van der Waals surface area contributed by atoms with E-state index in [9.17, 15) is 14.4 Å². The van der Waals surface area contributed by atoms with Crippen LogP contribution in [0.3, 0.4) is 0 Å². The third-order valence-electron chi connectivity index (χ3n) is 5.27. The maximum Gasteiger partial charge on any atom is 0.329 e. The monoisotopic (exact) mass is 366 g/mol. The van der Waals surface area contributed by atoms with Crippen molar-refractivity contribution in [3.8, 4) is 0 Å². The molecule has 26 heavy (non-hydrogen) atoms. The van der Waals surface area contributed by atoms with Crippen LogP contribution in [0.15, 0.2) is 0 Å². The van der Waals surface area contributed by atoms with Gasteiger partial charge in [0.25, 0.3) is 0 Å². The fourth-order valence-corrected chi connectivity index (χ4v) is 4.30. The molecule has 0 unspecified atom stereocenters. The first-order chi connectivity index (χ1) is 12.0. The van der Waals surface area contributed by atoms with Crippen LogP contribution < -0.4 is 0 Å². The zero-order chi connectivity index (χ0) is 19.7. The number of carbonyl (C=O) groups is 3. The number of rotatable bonds is 4. The van der Waals surface area contributed by atoms with Crippen molar-refractivity contribution < 1.29 is 19.1 Å². The van der Waals surface area contributed by atoms with Crippen molar-refractivity contribution in [1.82, 2.24) is 9.80 Å². The minimum absolute atomic E-state index is 0.0598. The molecule has 2 atom stereocenters. The molecule has 2 rings (SSSR count). The van der Waals surface area contributed by atoms with E-state index in [4.69, 9.17) is 4.74 Å². The molecule has 0 N–H and O–H groups in total. The van der Waals surface area contributed by atoms with Crippen molar-refractivity contribution in [2.24, 2.45) is 5.92 Å². The second-order valence-electron chi connectivity index (χ2n) is 9.09. The van der Waals surface area contributed by atoms with Gasteiger partial charge < -0.3 is 14.5 Å². The molecule has 0 aromatic rings. The van der Waals surface area contributed by atoms with Crippen LogP contribution in [0.1, 0.15) is 73.6 Å². The number of hydrogen-bond donors (Lipinski definition) is 0. The second kappa shape index (κ2) is 7.57. The molecule has 0 aromatic carbocycles. The van der Waals surface area contributed by atoms with Crippen LogP contribution in [0.5, 0.6) is 0 Å². The van der Waals surface area contributed by atoms with Gasteiger partial charge in [0.15, 0.2) is 0 Å². The van der Waals surface area contributed by atoms with Gasteiger partial charge in [-0.2, -0.15) is 0 Å². The molecular formula is C20H34N2O4. The molecular weight excluding hydrogens is 332 g/mol. The van der Waals surface area contributed by atoms with Crippen molar-refractivity contribution in [3.63, 3.8) is 0 Å². The largest absolute Gasteiger partial charge is 0.458 e. The summed E-state index contributed by atoms with van der Waals surface area (Å²) in [6.45, 7) is 12.3. The third kappa shape index (κ3) is 4.21. The Hall–Kier alpha value is -1.59. The first-order valence-corrected chi connectivity index (χ1v) is 9.80. The lowest BCUT2D eigenvalue weighted by atomic mass is 9.84. The van der Waals surface area contributed by atoms with Gasteiger partial charge in [0.05, 0.1) is 0 Å². The highest BCUT2D eigenvalue weighted by Gasteiger charge is 2.54. The number of ether oxygens (including phenoxy) is 1. The molecule has 6 nitrogen and oxygen atoms in total. The molecule has 2 aliphatic rings. The number of amides is 2. The van der Waals surface area contributed by atoms with Crippen LogP contribution in [0.2, 0.25) is 0 Å². The number of piperidine rings is 1. The van der Waals surface area contributed by atoms with Crippen molar-refractivity contribution in [1.29, 1.82) is 0 Å². The van der Waals surface area contributed by atoms with Gasteiger partial charge in [0, 0.05) is 20.0 Å². The Balaban J connectivity index is 2.31. The van der Waals surface area contributed by atoms with Gasteiger partial charge in [-0.05, 0) is 58.8 Å². The van der Waals surface area contributed by atoms with Crippen LogP contribution in [-0.4, -0.2) is 57.9 Å². The first-order valence-electron chi connectivity index (χ1n) is 9.80. The summed E-state index contributed by atoms with van der Waals surface area (Å²) in [5, 5.41) is 0. The number of nitrogens with zero attached hydrogens (tertiary/aromatic N) is 2. The highest BCUT2D eigenvalue weighted by atomic mass is 16.6. The Morgan fingerprint density at radius 1 is 1.15 bits per heavy atom. The van der Waals surface area contributed by atoms with Crippen LogP contribution in [0, 0.1) is 5.92 Å². The predicted molar refractivity (Wildman–Crippen MR) is 99.4 cm³/mol. The Morgan fingerprint density at radius 2 is 1.73 bits per heavy atom. The molecule has 2 fully saturated rings. The number of carbonyl (C=O) groups excluding carboxylic acids is 3. The van der Waals surface area contributed by atoms with Gasteiger partial charge in [-0.3, -0.25) is 9.59 Å². The molecule has 0 saturated carbocycles. The van der Waals surface area contributed by atoms with Gasteiger partial charge in [0.1, 0.15) is 17.2 Å². The van der Waals surface area contributed by atoms with E-state index >= 15 is 0 Å². The number of likely N-dealkylation sites (tertiary alicyclic amines) is 2. The lowest BCUT2D eigenvalue weighted by Gasteiger charge is -2.46. The first kappa shape index (κ1) is 20.7. The predicted octanol–water partition coefficient (Wildman–Crippen LogP) is 2.75. The van der Waals surface area contributed by atoms with Gasteiger partial charge >= 0.3 is 5.97 Å². The summed E-state index contributed by atoms with van der Waals surface area (Å²) in [6, 6.07) is -0.590. The molecule has 6 heteroatoms. The average Bonchev–Trinajstić information content (AvgIpc) is 2.91. The summed E-state index contributed by atoms with van der Waals surface area (Å²) in [6.07, 6.45) is 3.57. The van der Waals surface area contributed by atoms with Gasteiger partial charge in [-0.25, -0.2) is 4.79 Å². The molecule has 0 aliphatic carbocycles. The highest BCUT2D eigenvalue weighted by Crippen LogP contribution is 2.39. The SMILES string of the molecule is CC(=O)N1CCC[C@]12CCCN([C@@H](CC(C)C)C(=O)OC(C)(C)C)C2=O. The minimum Gasteiger partial charge on any atom is -0.458 e. The molecule has 2 amide bonds. The van der Waals surface area contributed by atoms with Crippen molar-refractivity contribution in [3.05, 3.63) is 0 Å². The summed E-state index contributed by atoms with van der Waals surface area (Å²) in [5.41, 5.74) is -1.36. The van der Waals surface area contributed by atoms with Gasteiger partial charge in [0.2, 0.25) is 11.8 Å². The summed E-state index contributed by atoms with van der Waals surface area (Å²) in [5.74, 6) is -0.224. The van der Waals surface area contributed by atoms with E-state index in [1.807, 2.05) is 34.6 Å². The molecule has 0 bridgehead atoms. The Morgan fingerprint density at radius 3 is 2.23 bits per heavy atom. The number of esters is 1. The van der Waals surface area contributed by atoms with Gasteiger partial charge in [-0.1, -0.05) is 13.8 Å². The van der Waals surface area contributed by atoms with Crippen molar-refractivity contribution in [2.45, 2.75) is 90.8 Å². The third-order valence-corrected chi connectivity index (χ3v) is 5.27. The van der Waals surface area contributed by atoms with Crippen molar-refractivity contribution >= 4 is 17.8 Å². The van der Waals surface area contributed by atoms with Crippen LogP contribution in [0.4, 0.5) is 0 Å². The Kier molecular flexibility index (Phi) is 6.03. The lowest BCUT2D eigenvalue weighted by molar-refractivity contribution is -0.171. The van der Waals surface area contributed by atoms with Crippen molar-refractivity contribution in [2.75, 3.05) is 13.1 Å². The lowest BCUT2D eigenvalue weighted by Crippen LogP contribution is -2.64. The average molecular weight is 367 g/mol. The smallest absolute Gasteiger partial charge is 0.329 e. The second-order valence-corrected chi connectivity index (χ2v) is 9.09. The molecule has 0 aromatic heterocycles. The Bertz CT molecular complexity index is 567. The van der Waals surface area contributed by atoms with E-state index in [2.05, 4.69) is 0 Å². The van der Waals surface area contributed by atoms with E-state index in [0.717, 1.165) is 12.8 Å². The van der Waals surface area contributed by atoms with E-state index < -0.39 is 17.2 Å². The molecule has 1 spiro atoms. The van der Waals surface area contributed by atoms with E-state index in [0.29, 0.717) is 32.4 Å². The normalized spacial score (nSPS) is 25.1. The molecule has 148 valence electrons. The molecule has 0 radical (unpaired) electrons.